The van der Waals surface area contributed by atoms with Crippen molar-refractivity contribution in [2.45, 2.75) is 44.6 Å². The van der Waals surface area contributed by atoms with Crippen molar-refractivity contribution in [2.24, 2.45) is 0 Å². The summed E-state index contributed by atoms with van der Waals surface area (Å²) in [5, 5.41) is 5.83. The summed E-state index contributed by atoms with van der Waals surface area (Å²) < 4.78 is 0. The van der Waals surface area contributed by atoms with E-state index in [9.17, 15) is 0 Å². The molecule has 0 unspecified atom stereocenters. The smallest absolute Gasteiger partial charge is 0.00671 e. The van der Waals surface area contributed by atoms with E-state index in [1.807, 2.05) is 11.3 Å². The van der Waals surface area contributed by atoms with Gasteiger partial charge in [-0.1, -0.05) is 25.3 Å². The molecule has 1 heterocycles. The predicted molar refractivity (Wildman–Crippen MR) is 62.9 cm³/mol. The molecule has 0 atom stereocenters. The molecule has 0 spiro atoms. The fourth-order valence-electron chi connectivity index (χ4n) is 2.16. The van der Waals surface area contributed by atoms with E-state index >= 15 is 0 Å². The van der Waals surface area contributed by atoms with Crippen molar-refractivity contribution < 1.29 is 0 Å². The van der Waals surface area contributed by atoms with E-state index in [2.05, 4.69) is 22.8 Å². The lowest BCUT2D eigenvalue weighted by Gasteiger charge is -2.22. The van der Waals surface area contributed by atoms with Crippen molar-refractivity contribution in [1.29, 1.82) is 0 Å². The van der Waals surface area contributed by atoms with E-state index in [-0.39, 0.29) is 0 Å². The van der Waals surface area contributed by atoms with Gasteiger partial charge in [0.25, 0.3) is 0 Å². The Hall–Kier alpha value is -0.340. The van der Waals surface area contributed by atoms with Gasteiger partial charge in [-0.2, -0.15) is 0 Å². The first-order chi connectivity index (χ1) is 6.95. The predicted octanol–water partition coefficient (Wildman–Crippen LogP) is 3.21. The van der Waals surface area contributed by atoms with Crippen molar-refractivity contribution in [3.63, 3.8) is 0 Å². The molecule has 1 nitrogen and oxygen atoms in total. The first-order valence-corrected chi connectivity index (χ1v) is 6.59. The molecule has 78 valence electrons. The maximum Gasteiger partial charge on any atom is 0.00671 e. The van der Waals surface area contributed by atoms with E-state index in [1.54, 1.807) is 0 Å². The zero-order valence-electron chi connectivity index (χ0n) is 8.67. The van der Waals surface area contributed by atoms with Crippen LogP contribution in [0.1, 0.15) is 37.0 Å². The van der Waals surface area contributed by atoms with E-state index in [0.29, 0.717) is 0 Å². The largest absolute Gasteiger partial charge is 0.314 e. The van der Waals surface area contributed by atoms with Crippen LogP contribution in [-0.2, 0) is 6.42 Å². The molecule has 1 saturated carbocycles. The molecular formula is C12H19NS. The second-order valence-electron chi connectivity index (χ2n) is 4.12. The lowest BCUT2D eigenvalue weighted by Crippen LogP contribution is -2.32. The van der Waals surface area contributed by atoms with Crippen molar-refractivity contribution >= 4 is 11.3 Å². The number of thiophene rings is 1. The highest BCUT2D eigenvalue weighted by atomic mass is 32.1. The van der Waals surface area contributed by atoms with Crippen LogP contribution >= 0.6 is 11.3 Å². The Balaban J connectivity index is 1.62. The van der Waals surface area contributed by atoms with Crippen LogP contribution in [0, 0.1) is 0 Å². The molecule has 1 N–H and O–H groups in total. The molecule has 2 rings (SSSR count). The van der Waals surface area contributed by atoms with Gasteiger partial charge in [0.05, 0.1) is 0 Å². The Morgan fingerprint density at radius 2 is 2.14 bits per heavy atom. The summed E-state index contributed by atoms with van der Waals surface area (Å²) in [6.45, 7) is 1.16. The summed E-state index contributed by atoms with van der Waals surface area (Å²) in [5.41, 5.74) is 0. The van der Waals surface area contributed by atoms with Crippen LogP contribution in [-0.4, -0.2) is 12.6 Å². The monoisotopic (exact) mass is 209 g/mol. The number of hydrogen-bond donors (Lipinski definition) is 1. The Kier molecular flexibility index (Phi) is 4.02. The van der Waals surface area contributed by atoms with Gasteiger partial charge in [0.2, 0.25) is 0 Å². The van der Waals surface area contributed by atoms with Gasteiger partial charge in [-0.05, 0) is 30.7 Å². The van der Waals surface area contributed by atoms with Gasteiger partial charge in [0.1, 0.15) is 0 Å². The van der Waals surface area contributed by atoms with E-state index < -0.39 is 0 Å². The average Bonchev–Trinajstić information content (AvgIpc) is 2.72. The summed E-state index contributed by atoms with van der Waals surface area (Å²) in [7, 11) is 0. The zero-order chi connectivity index (χ0) is 9.64. The molecule has 1 aromatic rings. The summed E-state index contributed by atoms with van der Waals surface area (Å²) in [5.74, 6) is 0. The number of hydrogen-bond acceptors (Lipinski definition) is 2. The summed E-state index contributed by atoms with van der Waals surface area (Å²) >= 11 is 1.87. The fraction of sp³-hybridized carbons (Fsp3) is 0.667. The van der Waals surface area contributed by atoms with Crippen LogP contribution in [0.25, 0.3) is 0 Å². The maximum atomic E-state index is 3.67. The molecular weight excluding hydrogens is 190 g/mol. The van der Waals surface area contributed by atoms with Gasteiger partial charge in [-0.3, -0.25) is 0 Å². The van der Waals surface area contributed by atoms with Crippen LogP contribution in [0.2, 0.25) is 0 Å². The Labute approximate surface area is 90.5 Å². The van der Waals surface area contributed by atoms with E-state index in [1.165, 1.54) is 43.4 Å². The lowest BCUT2D eigenvalue weighted by molar-refractivity contribution is 0.376. The number of rotatable bonds is 4. The van der Waals surface area contributed by atoms with Crippen LogP contribution in [0.3, 0.4) is 0 Å². The Morgan fingerprint density at radius 1 is 1.29 bits per heavy atom. The molecule has 14 heavy (non-hydrogen) atoms. The minimum absolute atomic E-state index is 0.809. The second-order valence-corrected chi connectivity index (χ2v) is 5.15. The first-order valence-electron chi connectivity index (χ1n) is 5.71. The minimum atomic E-state index is 0.809. The Morgan fingerprint density at radius 3 is 2.86 bits per heavy atom. The zero-order valence-corrected chi connectivity index (χ0v) is 9.48. The normalized spacial score (nSPS) is 18.6. The second kappa shape index (κ2) is 5.52. The molecule has 1 fully saturated rings. The van der Waals surface area contributed by atoms with Crippen LogP contribution in [0.4, 0.5) is 0 Å². The molecule has 0 aromatic carbocycles. The van der Waals surface area contributed by atoms with Gasteiger partial charge in [0, 0.05) is 17.5 Å². The van der Waals surface area contributed by atoms with Gasteiger partial charge < -0.3 is 5.32 Å². The van der Waals surface area contributed by atoms with Crippen LogP contribution in [0.5, 0.6) is 0 Å². The van der Waals surface area contributed by atoms with Crippen LogP contribution < -0.4 is 5.32 Å². The third-order valence-corrected chi connectivity index (χ3v) is 3.93. The highest BCUT2D eigenvalue weighted by molar-refractivity contribution is 7.09. The highest BCUT2D eigenvalue weighted by Crippen LogP contribution is 2.17. The number of nitrogens with one attached hydrogen (secondary N) is 1. The van der Waals surface area contributed by atoms with Crippen LogP contribution in [0.15, 0.2) is 17.5 Å². The summed E-state index contributed by atoms with van der Waals surface area (Å²) in [6, 6.07) is 5.18. The highest BCUT2D eigenvalue weighted by Gasteiger charge is 2.11. The first kappa shape index (κ1) is 10.2. The molecule has 0 aliphatic heterocycles. The summed E-state index contributed by atoms with van der Waals surface area (Å²) in [4.78, 5) is 1.51. The van der Waals surface area contributed by atoms with Crippen molar-refractivity contribution in [1.82, 2.24) is 5.32 Å². The molecule has 1 aliphatic carbocycles. The quantitative estimate of drug-likeness (QED) is 0.803. The lowest BCUT2D eigenvalue weighted by atomic mass is 9.95. The molecule has 2 heteroatoms. The maximum absolute atomic E-state index is 3.67. The van der Waals surface area contributed by atoms with Crippen molar-refractivity contribution in [2.75, 3.05) is 6.54 Å². The van der Waals surface area contributed by atoms with Crippen molar-refractivity contribution in [3.05, 3.63) is 22.4 Å². The standard InChI is InChI=1S/C12H19NS/c1-2-5-11(6-3-1)13-9-8-12-7-4-10-14-12/h4,7,10-11,13H,1-3,5-6,8-9H2. The van der Waals surface area contributed by atoms with Crippen molar-refractivity contribution in [3.8, 4) is 0 Å². The van der Waals surface area contributed by atoms with Gasteiger partial charge in [0.15, 0.2) is 0 Å². The van der Waals surface area contributed by atoms with Gasteiger partial charge in [-0.25, -0.2) is 0 Å². The fourth-order valence-corrected chi connectivity index (χ4v) is 2.87. The topological polar surface area (TPSA) is 12.0 Å². The molecule has 0 amide bonds. The molecule has 0 bridgehead atoms. The molecule has 0 radical (unpaired) electrons. The van der Waals surface area contributed by atoms with E-state index in [0.717, 1.165) is 12.6 Å². The average molecular weight is 209 g/mol. The molecule has 0 saturated heterocycles. The summed E-state index contributed by atoms with van der Waals surface area (Å²) in [6.07, 6.45) is 8.29. The third kappa shape index (κ3) is 3.10. The Bertz CT molecular complexity index is 237. The minimum Gasteiger partial charge on any atom is -0.314 e. The van der Waals surface area contributed by atoms with Gasteiger partial charge >= 0.3 is 0 Å². The SMILES string of the molecule is c1csc(CCNC2CCCCC2)c1. The molecule has 1 aromatic heterocycles. The van der Waals surface area contributed by atoms with Gasteiger partial charge in [-0.15, -0.1) is 11.3 Å². The molecule has 1 aliphatic rings. The third-order valence-electron chi connectivity index (χ3n) is 2.99. The van der Waals surface area contributed by atoms with E-state index in [4.69, 9.17) is 0 Å².